The van der Waals surface area contributed by atoms with Gasteiger partial charge in [-0.05, 0) is 25.3 Å². The van der Waals surface area contributed by atoms with Gasteiger partial charge in [0.15, 0.2) is 5.13 Å². The molecule has 1 amide bonds. The van der Waals surface area contributed by atoms with Crippen LogP contribution in [-0.4, -0.2) is 46.0 Å². The van der Waals surface area contributed by atoms with Gasteiger partial charge in [-0.1, -0.05) is 6.92 Å². The number of aliphatic carboxylic acids is 1. The summed E-state index contributed by atoms with van der Waals surface area (Å²) < 4.78 is 0. The van der Waals surface area contributed by atoms with Crippen LogP contribution in [0.2, 0.25) is 0 Å². The molecule has 0 aromatic carbocycles. The van der Waals surface area contributed by atoms with Gasteiger partial charge in [-0.25, -0.2) is 4.98 Å². The first kappa shape index (κ1) is 14.0. The van der Waals surface area contributed by atoms with Crippen LogP contribution in [0.5, 0.6) is 0 Å². The summed E-state index contributed by atoms with van der Waals surface area (Å²) in [4.78, 5) is 28.9. The number of hydrogen-bond donors (Lipinski definition) is 2. The fraction of sp³-hybridized carbons (Fsp3) is 0.583. The molecule has 2 rings (SSSR count). The van der Waals surface area contributed by atoms with Gasteiger partial charge in [0.2, 0.25) is 5.91 Å². The molecule has 19 heavy (non-hydrogen) atoms. The van der Waals surface area contributed by atoms with Crippen LogP contribution in [0.3, 0.4) is 0 Å². The van der Waals surface area contributed by atoms with E-state index in [0.29, 0.717) is 11.7 Å². The highest BCUT2D eigenvalue weighted by molar-refractivity contribution is 7.13. The highest BCUT2D eigenvalue weighted by Crippen LogP contribution is 2.23. The standard InChI is InChI=1S/C12H17N3O3S/c1-8-3-2-5-15(10(8)11(17)18)7-9(16)14-12-13-4-6-19-12/h4,6,8,10H,2-3,5,7H2,1H3,(H,17,18)(H,13,14,16). The van der Waals surface area contributed by atoms with Crippen LogP contribution in [0, 0.1) is 5.92 Å². The maximum Gasteiger partial charge on any atom is 0.321 e. The van der Waals surface area contributed by atoms with E-state index in [1.807, 2.05) is 6.92 Å². The number of carbonyl (C=O) groups excluding carboxylic acids is 1. The number of rotatable bonds is 4. The van der Waals surface area contributed by atoms with Gasteiger partial charge in [-0.15, -0.1) is 11.3 Å². The quantitative estimate of drug-likeness (QED) is 0.869. The first-order valence-electron chi connectivity index (χ1n) is 6.24. The van der Waals surface area contributed by atoms with Crippen molar-refractivity contribution in [3.8, 4) is 0 Å². The Morgan fingerprint density at radius 1 is 1.63 bits per heavy atom. The van der Waals surface area contributed by atoms with Gasteiger partial charge in [0.05, 0.1) is 6.54 Å². The molecule has 0 saturated carbocycles. The van der Waals surface area contributed by atoms with E-state index in [4.69, 9.17) is 0 Å². The van der Waals surface area contributed by atoms with Crippen LogP contribution in [0.25, 0.3) is 0 Å². The molecule has 104 valence electrons. The Kier molecular flexibility index (Phi) is 4.49. The Bertz CT molecular complexity index is 449. The molecule has 1 aliphatic heterocycles. The highest BCUT2D eigenvalue weighted by atomic mass is 32.1. The first-order chi connectivity index (χ1) is 9.08. The Morgan fingerprint density at radius 3 is 3.05 bits per heavy atom. The number of carbonyl (C=O) groups is 2. The Hall–Kier alpha value is -1.47. The molecule has 0 bridgehead atoms. The van der Waals surface area contributed by atoms with Crippen molar-refractivity contribution in [2.45, 2.75) is 25.8 Å². The molecule has 0 spiro atoms. The topological polar surface area (TPSA) is 82.5 Å². The highest BCUT2D eigenvalue weighted by Gasteiger charge is 2.35. The molecule has 6 nitrogen and oxygen atoms in total. The molecule has 7 heteroatoms. The van der Waals surface area contributed by atoms with Gasteiger partial charge in [-0.3, -0.25) is 14.5 Å². The number of carboxylic acid groups (broad SMARTS) is 1. The van der Waals surface area contributed by atoms with Crippen LogP contribution >= 0.6 is 11.3 Å². The SMILES string of the molecule is CC1CCCN(CC(=O)Nc2nccs2)C1C(=O)O. The van der Waals surface area contributed by atoms with Crippen molar-refractivity contribution in [2.24, 2.45) is 5.92 Å². The summed E-state index contributed by atoms with van der Waals surface area (Å²) in [6, 6.07) is -0.573. The van der Waals surface area contributed by atoms with Crippen molar-refractivity contribution < 1.29 is 14.7 Å². The lowest BCUT2D eigenvalue weighted by Crippen LogP contribution is -2.51. The smallest absolute Gasteiger partial charge is 0.321 e. The van der Waals surface area contributed by atoms with Gasteiger partial charge in [0.25, 0.3) is 0 Å². The maximum absolute atomic E-state index is 11.9. The zero-order valence-electron chi connectivity index (χ0n) is 10.7. The number of hydrogen-bond acceptors (Lipinski definition) is 5. The molecule has 0 radical (unpaired) electrons. The molecule has 1 aromatic heterocycles. The summed E-state index contributed by atoms with van der Waals surface area (Å²) in [6.07, 6.45) is 3.43. The van der Waals surface area contributed by atoms with Gasteiger partial charge < -0.3 is 10.4 Å². The normalized spacial score (nSPS) is 24.1. The lowest BCUT2D eigenvalue weighted by Gasteiger charge is -2.36. The number of piperidine rings is 1. The van der Waals surface area contributed by atoms with Gasteiger partial charge in [0.1, 0.15) is 6.04 Å². The van der Waals surface area contributed by atoms with Crippen LogP contribution < -0.4 is 5.32 Å². The van der Waals surface area contributed by atoms with Crippen LogP contribution in [-0.2, 0) is 9.59 Å². The predicted octanol–water partition coefficient (Wildman–Crippen LogP) is 1.27. The summed E-state index contributed by atoms with van der Waals surface area (Å²) in [5, 5.41) is 14.3. The minimum Gasteiger partial charge on any atom is -0.480 e. The van der Waals surface area contributed by atoms with E-state index >= 15 is 0 Å². The van der Waals surface area contributed by atoms with Crippen LogP contribution in [0.1, 0.15) is 19.8 Å². The van der Waals surface area contributed by atoms with Crippen LogP contribution in [0.15, 0.2) is 11.6 Å². The first-order valence-corrected chi connectivity index (χ1v) is 7.12. The monoisotopic (exact) mass is 283 g/mol. The third kappa shape index (κ3) is 3.51. The predicted molar refractivity (Wildman–Crippen MR) is 72.1 cm³/mol. The molecule has 0 aliphatic carbocycles. The van der Waals surface area contributed by atoms with E-state index in [1.165, 1.54) is 11.3 Å². The average Bonchev–Trinajstić information content (AvgIpc) is 2.81. The Morgan fingerprint density at radius 2 is 2.42 bits per heavy atom. The summed E-state index contributed by atoms with van der Waals surface area (Å²) in [5.74, 6) is -0.997. The van der Waals surface area contributed by atoms with Gasteiger partial charge >= 0.3 is 5.97 Å². The molecule has 1 saturated heterocycles. The number of amides is 1. The molecule has 1 aromatic rings. The number of nitrogens with one attached hydrogen (secondary N) is 1. The van der Waals surface area contributed by atoms with Crippen LogP contribution in [0.4, 0.5) is 5.13 Å². The van der Waals surface area contributed by atoms with E-state index in [0.717, 1.165) is 12.8 Å². The Balaban J connectivity index is 1.96. The van der Waals surface area contributed by atoms with E-state index in [9.17, 15) is 14.7 Å². The molecular weight excluding hydrogens is 266 g/mol. The number of thiazole rings is 1. The molecule has 2 heterocycles. The summed E-state index contributed by atoms with van der Waals surface area (Å²) in [7, 11) is 0. The third-order valence-electron chi connectivity index (χ3n) is 3.32. The average molecular weight is 283 g/mol. The zero-order valence-corrected chi connectivity index (χ0v) is 11.5. The van der Waals surface area contributed by atoms with E-state index in [1.54, 1.807) is 16.5 Å². The van der Waals surface area contributed by atoms with Crippen molar-refractivity contribution in [2.75, 3.05) is 18.4 Å². The van der Waals surface area contributed by atoms with Crippen molar-refractivity contribution >= 4 is 28.3 Å². The van der Waals surface area contributed by atoms with E-state index < -0.39 is 12.0 Å². The van der Waals surface area contributed by atoms with Crippen molar-refractivity contribution in [1.82, 2.24) is 9.88 Å². The summed E-state index contributed by atoms with van der Waals surface area (Å²) in [6.45, 7) is 2.66. The lowest BCUT2D eigenvalue weighted by molar-refractivity contribution is -0.147. The van der Waals surface area contributed by atoms with Crippen molar-refractivity contribution in [1.29, 1.82) is 0 Å². The van der Waals surface area contributed by atoms with E-state index in [2.05, 4.69) is 10.3 Å². The molecule has 1 fully saturated rings. The molecule has 1 aliphatic rings. The Labute approximate surface area is 115 Å². The van der Waals surface area contributed by atoms with E-state index in [-0.39, 0.29) is 18.4 Å². The molecule has 2 unspecified atom stereocenters. The molecule has 2 atom stereocenters. The number of nitrogens with zero attached hydrogens (tertiary/aromatic N) is 2. The van der Waals surface area contributed by atoms with Crippen molar-refractivity contribution in [3.05, 3.63) is 11.6 Å². The zero-order chi connectivity index (χ0) is 13.8. The second-order valence-electron chi connectivity index (χ2n) is 4.76. The minimum atomic E-state index is -0.853. The largest absolute Gasteiger partial charge is 0.480 e. The molecular formula is C12H17N3O3S. The van der Waals surface area contributed by atoms with Crippen molar-refractivity contribution in [3.63, 3.8) is 0 Å². The number of aromatic nitrogens is 1. The lowest BCUT2D eigenvalue weighted by atomic mass is 9.91. The second-order valence-corrected chi connectivity index (χ2v) is 5.65. The summed E-state index contributed by atoms with van der Waals surface area (Å²) >= 11 is 1.34. The maximum atomic E-state index is 11.9. The van der Waals surface area contributed by atoms with Gasteiger partial charge in [0, 0.05) is 11.6 Å². The number of anilines is 1. The number of likely N-dealkylation sites (tertiary alicyclic amines) is 1. The summed E-state index contributed by atoms with van der Waals surface area (Å²) in [5.41, 5.74) is 0. The molecule has 2 N–H and O–H groups in total. The number of carboxylic acids is 1. The fourth-order valence-electron chi connectivity index (χ4n) is 2.48. The minimum absolute atomic E-state index is 0.0684. The second kappa shape index (κ2) is 6.12. The fourth-order valence-corrected chi connectivity index (χ4v) is 3.02. The third-order valence-corrected chi connectivity index (χ3v) is 4.00. The van der Waals surface area contributed by atoms with Gasteiger partial charge in [-0.2, -0.15) is 0 Å².